The zero-order valence-corrected chi connectivity index (χ0v) is 15.9. The zero-order chi connectivity index (χ0) is 18.6. The number of rotatable bonds is 3. The van der Waals surface area contributed by atoms with Crippen molar-refractivity contribution >= 4 is 9.84 Å². The minimum atomic E-state index is -2.99. The van der Waals surface area contributed by atoms with Crippen molar-refractivity contribution in [3.63, 3.8) is 0 Å². The van der Waals surface area contributed by atoms with Gasteiger partial charge in [-0.25, -0.2) is 13.1 Å². The summed E-state index contributed by atoms with van der Waals surface area (Å²) in [5, 5.41) is 13.1. The lowest BCUT2D eigenvalue weighted by Gasteiger charge is -2.08. The maximum atomic E-state index is 11.7. The maximum Gasteiger partial charge on any atom is 0.268 e. The smallest absolute Gasteiger partial charge is 0.268 e. The van der Waals surface area contributed by atoms with E-state index < -0.39 is 9.84 Å². The van der Waals surface area contributed by atoms with Gasteiger partial charge >= 0.3 is 0 Å². The molecule has 0 bridgehead atoms. The molecular formula is C19H20N4O3S. The number of nitrogens with zero attached hydrogens (tertiary/aromatic N) is 4. The van der Waals surface area contributed by atoms with Crippen LogP contribution >= 0.6 is 0 Å². The Balaban J connectivity index is 1.56. The molecule has 1 unspecified atom stereocenters. The van der Waals surface area contributed by atoms with Crippen molar-refractivity contribution in [2.45, 2.75) is 38.5 Å². The second-order valence-electron chi connectivity index (χ2n) is 7.37. The molecule has 1 aliphatic heterocycles. The van der Waals surface area contributed by atoms with Crippen LogP contribution in [0.25, 0.3) is 17.3 Å². The van der Waals surface area contributed by atoms with Gasteiger partial charge in [-0.15, -0.1) is 10.2 Å². The molecule has 27 heavy (non-hydrogen) atoms. The Morgan fingerprint density at radius 1 is 1.19 bits per heavy atom. The van der Waals surface area contributed by atoms with Crippen LogP contribution < -0.4 is 0 Å². The summed E-state index contributed by atoms with van der Waals surface area (Å²) < 4.78 is 31.3. The van der Waals surface area contributed by atoms with E-state index in [-0.39, 0.29) is 17.4 Å². The van der Waals surface area contributed by atoms with Crippen molar-refractivity contribution in [2.24, 2.45) is 0 Å². The van der Waals surface area contributed by atoms with Gasteiger partial charge in [-0.05, 0) is 44.2 Å². The predicted molar refractivity (Wildman–Crippen MR) is 99.6 cm³/mol. The lowest BCUT2D eigenvalue weighted by molar-refractivity contribution is 0.468. The SMILES string of the molecule is Cc1ccccc1-n1nc(-c2nnc(C3CCS(=O)(=O)C3)o2)c2c1CCC2. The molecule has 7 nitrogen and oxygen atoms in total. The molecular weight excluding hydrogens is 364 g/mol. The Morgan fingerprint density at radius 3 is 2.81 bits per heavy atom. The first-order chi connectivity index (χ1) is 13.0. The number of aromatic nitrogens is 4. The molecule has 1 aromatic carbocycles. The Hall–Kier alpha value is -2.48. The van der Waals surface area contributed by atoms with E-state index in [1.54, 1.807) is 0 Å². The van der Waals surface area contributed by atoms with Gasteiger partial charge in [0.2, 0.25) is 5.89 Å². The van der Waals surface area contributed by atoms with E-state index in [9.17, 15) is 8.42 Å². The van der Waals surface area contributed by atoms with E-state index in [0.29, 0.717) is 18.2 Å². The van der Waals surface area contributed by atoms with Gasteiger partial charge < -0.3 is 4.42 Å². The van der Waals surface area contributed by atoms with Crippen LogP contribution in [0.1, 0.15) is 41.5 Å². The predicted octanol–water partition coefficient (Wildman–Crippen LogP) is 2.62. The summed E-state index contributed by atoms with van der Waals surface area (Å²) in [7, 11) is -2.99. The maximum absolute atomic E-state index is 11.7. The van der Waals surface area contributed by atoms with E-state index in [4.69, 9.17) is 9.52 Å². The van der Waals surface area contributed by atoms with Crippen molar-refractivity contribution in [2.75, 3.05) is 11.5 Å². The second kappa shape index (κ2) is 6.02. The first kappa shape index (κ1) is 16.7. The summed E-state index contributed by atoms with van der Waals surface area (Å²) in [6, 6.07) is 8.16. The standard InChI is InChI=1S/C19H20N4O3S/c1-12-5-2-3-7-15(12)23-16-8-4-6-14(16)17(22-23)19-21-20-18(26-19)13-9-10-27(24,25)11-13/h2-3,5,7,13H,4,6,8-11H2,1H3. The Kier molecular flexibility index (Phi) is 3.72. The van der Waals surface area contributed by atoms with Crippen LogP contribution in [0.4, 0.5) is 0 Å². The van der Waals surface area contributed by atoms with E-state index in [2.05, 4.69) is 29.3 Å². The summed E-state index contributed by atoms with van der Waals surface area (Å²) in [6.45, 7) is 2.07. The molecule has 0 saturated carbocycles. The highest BCUT2D eigenvalue weighted by Crippen LogP contribution is 2.35. The largest absolute Gasteiger partial charge is 0.419 e. The van der Waals surface area contributed by atoms with Gasteiger partial charge in [0, 0.05) is 11.3 Å². The average molecular weight is 384 g/mol. The highest BCUT2D eigenvalue weighted by Gasteiger charge is 2.34. The summed E-state index contributed by atoms with van der Waals surface area (Å²) in [5.74, 6) is 0.864. The zero-order valence-electron chi connectivity index (χ0n) is 15.1. The van der Waals surface area contributed by atoms with Crippen LogP contribution in [-0.2, 0) is 22.7 Å². The fourth-order valence-electron chi connectivity index (χ4n) is 4.09. The van der Waals surface area contributed by atoms with Crippen molar-refractivity contribution < 1.29 is 12.8 Å². The van der Waals surface area contributed by atoms with E-state index in [1.165, 1.54) is 5.69 Å². The fraction of sp³-hybridized carbons (Fsp3) is 0.421. The summed E-state index contributed by atoms with van der Waals surface area (Å²) in [5.41, 5.74) is 5.30. The molecule has 3 heterocycles. The normalized spacial score (nSPS) is 20.9. The highest BCUT2D eigenvalue weighted by molar-refractivity contribution is 7.91. The molecule has 0 N–H and O–H groups in total. The molecule has 1 saturated heterocycles. The van der Waals surface area contributed by atoms with Gasteiger partial charge in [0.15, 0.2) is 15.5 Å². The summed E-state index contributed by atoms with van der Waals surface area (Å²) in [6.07, 6.45) is 3.53. The van der Waals surface area contributed by atoms with Gasteiger partial charge in [-0.2, -0.15) is 5.10 Å². The third-order valence-corrected chi connectivity index (χ3v) is 7.27. The molecule has 0 amide bonds. The highest BCUT2D eigenvalue weighted by atomic mass is 32.2. The molecule has 8 heteroatoms. The van der Waals surface area contributed by atoms with Crippen LogP contribution in [0.2, 0.25) is 0 Å². The number of sulfone groups is 1. The lowest BCUT2D eigenvalue weighted by Crippen LogP contribution is -2.03. The van der Waals surface area contributed by atoms with Crippen molar-refractivity contribution in [1.82, 2.24) is 20.0 Å². The molecule has 140 valence electrons. The molecule has 1 fully saturated rings. The summed E-state index contributed by atoms with van der Waals surface area (Å²) >= 11 is 0. The summed E-state index contributed by atoms with van der Waals surface area (Å²) in [4.78, 5) is 0. The third kappa shape index (κ3) is 2.79. The first-order valence-corrected chi connectivity index (χ1v) is 11.0. The third-order valence-electron chi connectivity index (χ3n) is 5.50. The molecule has 1 aliphatic carbocycles. The van der Waals surface area contributed by atoms with Gasteiger partial charge in [0.1, 0.15) is 0 Å². The van der Waals surface area contributed by atoms with Crippen LogP contribution in [0.15, 0.2) is 28.7 Å². The van der Waals surface area contributed by atoms with Crippen LogP contribution in [0, 0.1) is 6.92 Å². The molecule has 3 aromatic rings. The van der Waals surface area contributed by atoms with Gasteiger partial charge in [0.05, 0.1) is 23.1 Å². The van der Waals surface area contributed by atoms with Crippen LogP contribution in [0.5, 0.6) is 0 Å². The second-order valence-corrected chi connectivity index (χ2v) is 9.60. The first-order valence-electron chi connectivity index (χ1n) is 9.23. The van der Waals surface area contributed by atoms with E-state index in [0.717, 1.165) is 41.8 Å². The molecule has 0 spiro atoms. The van der Waals surface area contributed by atoms with Crippen molar-refractivity contribution in [3.05, 3.63) is 47.0 Å². The number of para-hydroxylation sites is 1. The molecule has 5 rings (SSSR count). The van der Waals surface area contributed by atoms with Crippen LogP contribution in [0.3, 0.4) is 0 Å². The number of hydrogen-bond donors (Lipinski definition) is 0. The van der Waals surface area contributed by atoms with Gasteiger partial charge in [-0.1, -0.05) is 18.2 Å². The van der Waals surface area contributed by atoms with Gasteiger partial charge in [-0.3, -0.25) is 0 Å². The molecule has 2 aliphatic rings. The van der Waals surface area contributed by atoms with E-state index in [1.807, 2.05) is 16.8 Å². The average Bonchev–Trinajstić information content (AvgIpc) is 3.38. The van der Waals surface area contributed by atoms with Crippen LogP contribution in [-0.4, -0.2) is 39.9 Å². The Labute approximate surface area is 157 Å². The molecule has 0 radical (unpaired) electrons. The topological polar surface area (TPSA) is 90.9 Å². The quantitative estimate of drug-likeness (QED) is 0.689. The van der Waals surface area contributed by atoms with Crippen molar-refractivity contribution in [1.29, 1.82) is 0 Å². The van der Waals surface area contributed by atoms with E-state index >= 15 is 0 Å². The number of hydrogen-bond acceptors (Lipinski definition) is 6. The lowest BCUT2D eigenvalue weighted by atomic mass is 10.1. The number of aryl methyl sites for hydroxylation is 1. The molecule has 2 aromatic heterocycles. The number of benzene rings is 1. The Bertz CT molecular complexity index is 1130. The van der Waals surface area contributed by atoms with Gasteiger partial charge in [0.25, 0.3) is 5.89 Å². The Morgan fingerprint density at radius 2 is 2.04 bits per heavy atom. The minimum absolute atomic E-state index is 0.0877. The monoisotopic (exact) mass is 384 g/mol. The molecule has 1 atom stereocenters. The number of fused-ring (bicyclic) bond motifs is 1. The fourth-order valence-corrected chi connectivity index (χ4v) is 5.83. The minimum Gasteiger partial charge on any atom is -0.419 e. The van der Waals surface area contributed by atoms with Crippen molar-refractivity contribution in [3.8, 4) is 17.3 Å².